The van der Waals surface area contributed by atoms with E-state index in [0.29, 0.717) is 13.2 Å². The van der Waals surface area contributed by atoms with Crippen LogP contribution in [0.15, 0.2) is 89.9 Å². The Morgan fingerprint density at radius 1 is 0.846 bits per heavy atom. The highest BCUT2D eigenvalue weighted by molar-refractivity contribution is 5.80. The molecule has 0 radical (unpaired) electrons. The van der Waals surface area contributed by atoms with Gasteiger partial charge >= 0.3 is 0 Å². The second-order valence-corrected chi connectivity index (χ2v) is 5.98. The molecule has 0 N–H and O–H groups in total. The van der Waals surface area contributed by atoms with Gasteiger partial charge < -0.3 is 9.47 Å². The molecule has 1 atom stereocenters. The highest BCUT2D eigenvalue weighted by atomic mass is 16.5. The third-order valence-electron chi connectivity index (χ3n) is 4.09. The van der Waals surface area contributed by atoms with Crippen LogP contribution in [0.2, 0.25) is 0 Å². The first-order chi connectivity index (χ1) is 12.8. The van der Waals surface area contributed by atoms with Crippen molar-refractivity contribution in [3.05, 3.63) is 102 Å². The number of nitrogens with zero attached hydrogens (tertiary/aromatic N) is 1. The normalized spacial score (nSPS) is 12.2. The molecule has 3 nitrogen and oxygen atoms in total. The lowest BCUT2D eigenvalue weighted by Crippen LogP contribution is -2.06. The first-order valence-electron chi connectivity index (χ1n) is 8.69. The number of rotatable bonds is 8. The minimum atomic E-state index is -0.0398. The van der Waals surface area contributed by atoms with Gasteiger partial charge in [0.25, 0.3) is 0 Å². The van der Waals surface area contributed by atoms with Gasteiger partial charge in [0.15, 0.2) is 0 Å². The van der Waals surface area contributed by atoms with Crippen molar-refractivity contribution in [1.29, 1.82) is 0 Å². The maximum Gasteiger partial charge on any atom is 0.118 e. The molecule has 0 saturated heterocycles. The molecule has 3 heteroatoms. The molecule has 0 heterocycles. The Morgan fingerprint density at radius 3 is 2.15 bits per heavy atom. The highest BCUT2D eigenvalue weighted by Crippen LogP contribution is 2.19. The van der Waals surface area contributed by atoms with E-state index < -0.39 is 0 Å². The zero-order valence-electron chi connectivity index (χ0n) is 14.9. The van der Waals surface area contributed by atoms with Crippen molar-refractivity contribution in [2.45, 2.75) is 12.6 Å². The summed E-state index contributed by atoms with van der Waals surface area (Å²) in [7, 11) is 1.67. The van der Waals surface area contributed by atoms with Crippen molar-refractivity contribution in [2.24, 2.45) is 4.99 Å². The average Bonchev–Trinajstić information content (AvgIpc) is 2.72. The SMILES string of the molecule is COc1ccc(C=N[C@@H](COCc2ccccc2)c2ccccc2)cc1. The van der Waals surface area contributed by atoms with E-state index in [1.54, 1.807) is 7.11 Å². The van der Waals surface area contributed by atoms with Crippen molar-refractivity contribution < 1.29 is 9.47 Å². The number of ether oxygens (including phenoxy) is 2. The lowest BCUT2D eigenvalue weighted by molar-refractivity contribution is 0.108. The Morgan fingerprint density at radius 2 is 1.50 bits per heavy atom. The van der Waals surface area contributed by atoms with E-state index >= 15 is 0 Å². The number of methoxy groups -OCH3 is 1. The zero-order valence-corrected chi connectivity index (χ0v) is 14.9. The lowest BCUT2D eigenvalue weighted by atomic mass is 10.1. The van der Waals surface area contributed by atoms with Crippen LogP contribution in [0.5, 0.6) is 5.75 Å². The fraction of sp³-hybridized carbons (Fsp3) is 0.174. The molecule has 0 bridgehead atoms. The van der Waals surface area contributed by atoms with Crippen LogP contribution in [0.4, 0.5) is 0 Å². The van der Waals surface area contributed by atoms with E-state index in [-0.39, 0.29) is 6.04 Å². The highest BCUT2D eigenvalue weighted by Gasteiger charge is 2.09. The fourth-order valence-electron chi connectivity index (χ4n) is 2.63. The Labute approximate surface area is 154 Å². The summed E-state index contributed by atoms with van der Waals surface area (Å²) >= 11 is 0. The Bertz CT molecular complexity index is 799. The van der Waals surface area contributed by atoms with Crippen molar-refractivity contribution in [3.8, 4) is 5.75 Å². The maximum atomic E-state index is 5.93. The van der Waals surface area contributed by atoms with Gasteiger partial charge in [0.2, 0.25) is 0 Å². The average molecular weight is 345 g/mol. The molecule has 0 saturated carbocycles. The molecule has 0 amide bonds. The first kappa shape index (κ1) is 17.9. The summed E-state index contributed by atoms with van der Waals surface area (Å²) in [5, 5.41) is 0. The number of hydrogen-bond acceptors (Lipinski definition) is 3. The summed E-state index contributed by atoms with van der Waals surface area (Å²) in [4.78, 5) is 4.76. The molecule has 3 rings (SSSR count). The van der Waals surface area contributed by atoms with E-state index in [4.69, 9.17) is 14.5 Å². The summed E-state index contributed by atoms with van der Waals surface area (Å²) in [5.74, 6) is 0.841. The standard InChI is InChI=1S/C23H23NO2/c1-25-22-14-12-19(13-15-22)16-24-23(21-10-6-3-7-11-21)18-26-17-20-8-4-2-5-9-20/h2-16,23H,17-18H2,1H3/t23-/m0/s1. The van der Waals surface area contributed by atoms with Crippen LogP contribution in [0.25, 0.3) is 0 Å². The van der Waals surface area contributed by atoms with Gasteiger partial charge in [-0.3, -0.25) is 4.99 Å². The van der Waals surface area contributed by atoms with Crippen LogP contribution < -0.4 is 4.74 Å². The molecule has 132 valence electrons. The summed E-state index contributed by atoms with van der Waals surface area (Å²) < 4.78 is 11.1. The predicted octanol–water partition coefficient (Wildman–Crippen LogP) is 5.07. The molecule has 0 unspecified atom stereocenters. The quantitative estimate of drug-likeness (QED) is 0.534. The van der Waals surface area contributed by atoms with E-state index in [1.165, 1.54) is 5.56 Å². The zero-order chi connectivity index (χ0) is 18.0. The summed E-state index contributed by atoms with van der Waals surface area (Å²) in [6.45, 7) is 1.12. The van der Waals surface area contributed by atoms with E-state index in [2.05, 4.69) is 24.3 Å². The fourth-order valence-corrected chi connectivity index (χ4v) is 2.63. The van der Waals surface area contributed by atoms with Gasteiger partial charge in [0, 0.05) is 6.21 Å². The van der Waals surface area contributed by atoms with Crippen molar-refractivity contribution in [1.82, 2.24) is 0 Å². The van der Waals surface area contributed by atoms with E-state index in [0.717, 1.165) is 16.9 Å². The third kappa shape index (κ3) is 5.30. The van der Waals surface area contributed by atoms with Crippen LogP contribution >= 0.6 is 0 Å². The van der Waals surface area contributed by atoms with E-state index in [9.17, 15) is 0 Å². The Hall–Kier alpha value is -2.91. The van der Waals surface area contributed by atoms with Crippen molar-refractivity contribution in [3.63, 3.8) is 0 Å². The lowest BCUT2D eigenvalue weighted by Gasteiger charge is -2.14. The topological polar surface area (TPSA) is 30.8 Å². The van der Waals surface area contributed by atoms with Gasteiger partial charge in [0.05, 0.1) is 26.4 Å². The Balaban J connectivity index is 1.67. The smallest absolute Gasteiger partial charge is 0.118 e. The van der Waals surface area contributed by atoms with Gasteiger partial charge in [-0.15, -0.1) is 0 Å². The molecule has 3 aromatic rings. The largest absolute Gasteiger partial charge is 0.497 e. The van der Waals surface area contributed by atoms with Gasteiger partial charge in [0.1, 0.15) is 5.75 Å². The molecule has 0 aliphatic rings. The molecule has 0 aromatic heterocycles. The predicted molar refractivity (Wildman–Crippen MR) is 106 cm³/mol. The van der Waals surface area contributed by atoms with Gasteiger partial charge in [-0.1, -0.05) is 60.7 Å². The van der Waals surface area contributed by atoms with Gasteiger partial charge in [-0.2, -0.15) is 0 Å². The number of hydrogen-bond donors (Lipinski definition) is 0. The molecule has 26 heavy (non-hydrogen) atoms. The molecular formula is C23H23NO2. The summed E-state index contributed by atoms with van der Waals surface area (Å²) in [6, 6.07) is 28.3. The Kier molecular flexibility index (Phi) is 6.57. The number of aliphatic imine (C=N–C) groups is 1. The monoisotopic (exact) mass is 345 g/mol. The van der Waals surface area contributed by atoms with Crippen LogP contribution in [0.1, 0.15) is 22.7 Å². The van der Waals surface area contributed by atoms with Crippen LogP contribution in [0.3, 0.4) is 0 Å². The maximum absolute atomic E-state index is 5.93. The van der Waals surface area contributed by atoms with Crippen LogP contribution in [-0.2, 0) is 11.3 Å². The van der Waals surface area contributed by atoms with E-state index in [1.807, 2.05) is 66.9 Å². The number of benzene rings is 3. The van der Waals surface area contributed by atoms with Crippen molar-refractivity contribution >= 4 is 6.21 Å². The van der Waals surface area contributed by atoms with Crippen LogP contribution in [0, 0.1) is 0 Å². The summed E-state index contributed by atoms with van der Waals surface area (Å²) in [5.41, 5.74) is 3.35. The summed E-state index contributed by atoms with van der Waals surface area (Å²) in [6.07, 6.45) is 1.89. The minimum absolute atomic E-state index is 0.0398. The second kappa shape index (κ2) is 9.54. The van der Waals surface area contributed by atoms with Crippen molar-refractivity contribution in [2.75, 3.05) is 13.7 Å². The van der Waals surface area contributed by atoms with Crippen LogP contribution in [-0.4, -0.2) is 19.9 Å². The molecule has 3 aromatic carbocycles. The minimum Gasteiger partial charge on any atom is -0.497 e. The molecule has 0 aliphatic carbocycles. The van der Waals surface area contributed by atoms with Gasteiger partial charge in [-0.05, 0) is 41.0 Å². The molecule has 0 fully saturated rings. The third-order valence-corrected chi connectivity index (χ3v) is 4.09. The first-order valence-corrected chi connectivity index (χ1v) is 8.69. The molecule has 0 aliphatic heterocycles. The molecular weight excluding hydrogens is 322 g/mol. The molecule has 0 spiro atoms. The van der Waals surface area contributed by atoms with Gasteiger partial charge in [-0.25, -0.2) is 0 Å². The second-order valence-electron chi connectivity index (χ2n) is 5.98.